The Bertz CT molecular complexity index is 86.2. The second-order valence-corrected chi connectivity index (χ2v) is 2.80. The van der Waals surface area contributed by atoms with Crippen molar-refractivity contribution in [1.29, 1.82) is 0 Å². The van der Waals surface area contributed by atoms with Crippen LogP contribution < -0.4 is 5.73 Å². The Morgan fingerprint density at radius 3 is 2.55 bits per heavy atom. The van der Waals surface area contributed by atoms with Gasteiger partial charge < -0.3 is 15.6 Å². The molecule has 0 amide bonds. The lowest BCUT2D eigenvalue weighted by molar-refractivity contribution is -0.0000388. The van der Waals surface area contributed by atoms with Crippen molar-refractivity contribution in [2.24, 2.45) is 5.73 Å². The molecule has 0 saturated carbocycles. The van der Waals surface area contributed by atoms with Crippen molar-refractivity contribution in [3.63, 3.8) is 0 Å². The van der Waals surface area contributed by atoms with Gasteiger partial charge in [-0.25, -0.2) is 0 Å². The van der Waals surface area contributed by atoms with Gasteiger partial charge in [-0.2, -0.15) is 0 Å². The minimum absolute atomic E-state index is 0.0153. The lowest BCUT2D eigenvalue weighted by atomic mass is 10.2. The number of aliphatic hydroxyl groups is 1. The Kier molecular flexibility index (Phi) is 6.51. The summed E-state index contributed by atoms with van der Waals surface area (Å²) in [4.78, 5) is 0. The quantitative estimate of drug-likeness (QED) is 0.558. The van der Waals surface area contributed by atoms with Gasteiger partial charge in [-0.1, -0.05) is 13.3 Å². The molecule has 0 radical (unpaired) electrons. The van der Waals surface area contributed by atoms with Crippen LogP contribution in [-0.2, 0) is 4.74 Å². The van der Waals surface area contributed by atoms with Gasteiger partial charge in [0.05, 0.1) is 12.7 Å². The molecule has 3 nitrogen and oxygen atoms in total. The van der Waals surface area contributed by atoms with Gasteiger partial charge in [0.25, 0.3) is 0 Å². The van der Waals surface area contributed by atoms with E-state index in [-0.39, 0.29) is 18.8 Å². The summed E-state index contributed by atoms with van der Waals surface area (Å²) in [7, 11) is 0. The molecule has 0 aromatic rings. The summed E-state index contributed by atoms with van der Waals surface area (Å²) in [5, 5.41) is 8.79. The van der Waals surface area contributed by atoms with Crippen LogP contribution in [0, 0.1) is 0 Å². The predicted octanol–water partition coefficient (Wildman–Crippen LogP) is 0.511. The molecule has 0 aromatic heterocycles. The molecule has 2 unspecified atom stereocenters. The Hall–Kier alpha value is -0.120. The van der Waals surface area contributed by atoms with Crippen molar-refractivity contribution in [3.8, 4) is 0 Å². The number of unbranched alkanes of at least 4 members (excludes halogenated alkanes) is 1. The van der Waals surface area contributed by atoms with Gasteiger partial charge in [0.2, 0.25) is 0 Å². The Balaban J connectivity index is 3.36. The first-order chi connectivity index (χ1) is 5.22. The van der Waals surface area contributed by atoms with E-state index in [0.29, 0.717) is 6.61 Å². The fraction of sp³-hybridized carbons (Fsp3) is 1.00. The van der Waals surface area contributed by atoms with E-state index in [2.05, 4.69) is 6.92 Å². The molecule has 0 rings (SSSR count). The summed E-state index contributed by atoms with van der Waals surface area (Å²) >= 11 is 0. The molecular weight excluding hydrogens is 142 g/mol. The molecule has 0 aliphatic rings. The number of nitrogens with two attached hydrogens (primary N) is 1. The summed E-state index contributed by atoms with van der Waals surface area (Å²) in [6, 6.07) is -0.0862. The monoisotopic (exact) mass is 161 g/mol. The second kappa shape index (κ2) is 6.58. The molecule has 0 bridgehead atoms. The average molecular weight is 161 g/mol. The molecule has 0 spiro atoms. The maximum Gasteiger partial charge on any atom is 0.0953 e. The van der Waals surface area contributed by atoms with Crippen LogP contribution in [-0.4, -0.2) is 30.5 Å². The Morgan fingerprint density at radius 1 is 1.55 bits per heavy atom. The Labute approximate surface area is 68.5 Å². The molecule has 0 aromatic carbocycles. The highest BCUT2D eigenvalue weighted by molar-refractivity contribution is 4.66. The van der Waals surface area contributed by atoms with E-state index in [4.69, 9.17) is 15.6 Å². The highest BCUT2D eigenvalue weighted by Gasteiger charge is 2.11. The van der Waals surface area contributed by atoms with E-state index in [1.165, 1.54) is 0 Å². The third-order valence-electron chi connectivity index (χ3n) is 1.60. The number of aliphatic hydroxyl groups excluding tert-OH is 1. The number of hydrogen-bond acceptors (Lipinski definition) is 3. The third-order valence-corrected chi connectivity index (χ3v) is 1.60. The van der Waals surface area contributed by atoms with Gasteiger partial charge in [-0.3, -0.25) is 0 Å². The molecule has 0 saturated heterocycles. The maximum absolute atomic E-state index is 8.79. The Morgan fingerprint density at radius 2 is 2.18 bits per heavy atom. The van der Waals surface area contributed by atoms with Crippen LogP contribution in [0.2, 0.25) is 0 Å². The first kappa shape index (κ1) is 10.9. The minimum atomic E-state index is -0.193. The van der Waals surface area contributed by atoms with E-state index in [9.17, 15) is 0 Å². The van der Waals surface area contributed by atoms with E-state index in [0.717, 1.165) is 12.8 Å². The summed E-state index contributed by atoms with van der Waals surface area (Å²) in [6.45, 7) is 4.65. The summed E-state index contributed by atoms with van der Waals surface area (Å²) in [5.41, 5.74) is 5.54. The number of hydrogen-bond donors (Lipinski definition) is 2. The largest absolute Gasteiger partial charge is 0.394 e. The van der Waals surface area contributed by atoms with Crippen molar-refractivity contribution >= 4 is 0 Å². The van der Waals surface area contributed by atoms with Gasteiger partial charge >= 0.3 is 0 Å². The maximum atomic E-state index is 8.79. The fourth-order valence-corrected chi connectivity index (χ4v) is 0.750. The van der Waals surface area contributed by atoms with Gasteiger partial charge in [-0.05, 0) is 13.3 Å². The topological polar surface area (TPSA) is 55.5 Å². The fourth-order valence-electron chi connectivity index (χ4n) is 0.750. The third kappa shape index (κ3) is 5.18. The van der Waals surface area contributed by atoms with Gasteiger partial charge in [0.15, 0.2) is 0 Å². The average Bonchev–Trinajstić information content (AvgIpc) is 1.97. The van der Waals surface area contributed by atoms with E-state index in [1.54, 1.807) is 0 Å². The standard InChI is InChI=1S/C8H19NO2/c1-3-4-5-11-8(6-10)7(2)9/h7-8,10H,3-6,9H2,1-2H3. The lowest BCUT2D eigenvalue weighted by Crippen LogP contribution is -2.37. The summed E-state index contributed by atoms with van der Waals surface area (Å²) in [5.74, 6) is 0. The molecule has 0 fully saturated rings. The highest BCUT2D eigenvalue weighted by atomic mass is 16.5. The molecule has 0 aliphatic heterocycles. The molecule has 11 heavy (non-hydrogen) atoms. The predicted molar refractivity (Wildman–Crippen MR) is 45.4 cm³/mol. The molecular formula is C8H19NO2. The van der Waals surface area contributed by atoms with Crippen LogP contribution in [0.25, 0.3) is 0 Å². The van der Waals surface area contributed by atoms with Crippen molar-refractivity contribution in [3.05, 3.63) is 0 Å². The van der Waals surface area contributed by atoms with Crippen LogP contribution in [0.5, 0.6) is 0 Å². The van der Waals surface area contributed by atoms with Crippen molar-refractivity contribution in [2.75, 3.05) is 13.2 Å². The summed E-state index contributed by atoms with van der Waals surface area (Å²) < 4.78 is 5.32. The van der Waals surface area contributed by atoms with Gasteiger partial charge in [-0.15, -0.1) is 0 Å². The SMILES string of the molecule is CCCCOC(CO)C(C)N. The molecule has 3 N–H and O–H groups in total. The normalized spacial score (nSPS) is 16.4. The zero-order valence-corrected chi connectivity index (χ0v) is 7.42. The van der Waals surface area contributed by atoms with Gasteiger partial charge in [0.1, 0.15) is 0 Å². The van der Waals surface area contributed by atoms with E-state index >= 15 is 0 Å². The van der Waals surface area contributed by atoms with Crippen LogP contribution >= 0.6 is 0 Å². The zero-order chi connectivity index (χ0) is 8.69. The zero-order valence-electron chi connectivity index (χ0n) is 7.42. The minimum Gasteiger partial charge on any atom is -0.394 e. The highest BCUT2D eigenvalue weighted by Crippen LogP contribution is 1.98. The number of rotatable bonds is 6. The van der Waals surface area contributed by atoms with Crippen LogP contribution in [0.3, 0.4) is 0 Å². The first-order valence-corrected chi connectivity index (χ1v) is 4.20. The second-order valence-electron chi connectivity index (χ2n) is 2.80. The van der Waals surface area contributed by atoms with Crippen LogP contribution in [0.4, 0.5) is 0 Å². The van der Waals surface area contributed by atoms with Crippen LogP contribution in [0.1, 0.15) is 26.7 Å². The van der Waals surface area contributed by atoms with Gasteiger partial charge in [0, 0.05) is 12.6 Å². The molecule has 0 aliphatic carbocycles. The van der Waals surface area contributed by atoms with E-state index in [1.807, 2.05) is 6.92 Å². The van der Waals surface area contributed by atoms with Crippen molar-refractivity contribution in [1.82, 2.24) is 0 Å². The van der Waals surface area contributed by atoms with E-state index < -0.39 is 0 Å². The van der Waals surface area contributed by atoms with Crippen molar-refractivity contribution in [2.45, 2.75) is 38.8 Å². The molecule has 0 heterocycles. The molecule has 3 heteroatoms. The number of ether oxygens (including phenoxy) is 1. The van der Waals surface area contributed by atoms with Crippen LogP contribution in [0.15, 0.2) is 0 Å². The smallest absolute Gasteiger partial charge is 0.0953 e. The molecule has 2 atom stereocenters. The molecule has 68 valence electrons. The lowest BCUT2D eigenvalue weighted by Gasteiger charge is -2.18. The van der Waals surface area contributed by atoms with Crippen molar-refractivity contribution < 1.29 is 9.84 Å². The first-order valence-electron chi connectivity index (χ1n) is 4.20. The summed E-state index contributed by atoms with van der Waals surface area (Å²) in [6.07, 6.45) is 1.95.